The van der Waals surface area contributed by atoms with Gasteiger partial charge in [-0.15, -0.1) is 6.58 Å². The molecule has 1 atom stereocenters. The Morgan fingerprint density at radius 1 is 1.61 bits per heavy atom. The highest BCUT2D eigenvalue weighted by Crippen LogP contribution is 2.25. The third-order valence-electron chi connectivity index (χ3n) is 2.69. The fourth-order valence-corrected chi connectivity index (χ4v) is 1.83. The molecule has 98 valence electrons. The lowest BCUT2D eigenvalue weighted by molar-refractivity contribution is -0.150. The Morgan fingerprint density at radius 3 is 2.89 bits per heavy atom. The molecule has 0 saturated carbocycles. The largest absolute Gasteiger partial charge is 0.464 e. The molecule has 0 radical (unpaired) electrons. The van der Waals surface area contributed by atoms with Crippen LogP contribution in [-0.2, 0) is 15.1 Å². The van der Waals surface area contributed by atoms with E-state index in [2.05, 4.69) is 11.9 Å². The maximum absolute atomic E-state index is 12.1. The monoisotopic (exact) mass is 267 g/mol. The van der Waals surface area contributed by atoms with Gasteiger partial charge in [0.15, 0.2) is 0 Å². The van der Waals surface area contributed by atoms with Crippen molar-refractivity contribution in [2.45, 2.75) is 19.4 Å². The average molecular weight is 268 g/mol. The molecule has 0 aliphatic rings. The van der Waals surface area contributed by atoms with Gasteiger partial charge in [0.2, 0.25) is 0 Å². The van der Waals surface area contributed by atoms with Crippen LogP contribution in [0.2, 0.25) is 5.02 Å². The lowest BCUT2D eigenvalue weighted by atomic mass is 9.92. The second-order valence-electron chi connectivity index (χ2n) is 4.03. The average Bonchev–Trinajstić information content (AvgIpc) is 2.36. The van der Waals surface area contributed by atoms with Crippen LogP contribution in [-0.4, -0.2) is 19.1 Å². The van der Waals surface area contributed by atoms with E-state index in [1.54, 1.807) is 32.1 Å². The first-order valence-electron chi connectivity index (χ1n) is 5.83. The van der Waals surface area contributed by atoms with E-state index in [0.29, 0.717) is 18.2 Å². The van der Waals surface area contributed by atoms with Gasteiger partial charge in [-0.1, -0.05) is 29.8 Å². The number of hydrogen-bond acceptors (Lipinski definition) is 3. The minimum atomic E-state index is -0.922. The molecule has 1 aromatic carbocycles. The van der Waals surface area contributed by atoms with Crippen LogP contribution in [0, 0.1) is 0 Å². The number of nitrogens with one attached hydrogen (secondary N) is 1. The van der Waals surface area contributed by atoms with Gasteiger partial charge < -0.3 is 4.74 Å². The normalized spacial score (nSPS) is 13.7. The summed E-state index contributed by atoms with van der Waals surface area (Å²) in [5.74, 6) is -0.325. The standard InChI is InChI=1S/C14H18ClNO2/c1-4-9-16-14(3,13(17)18-5-2)11-7-6-8-12(15)10-11/h4,6-8,10,16H,1,5,9H2,2-3H3. The van der Waals surface area contributed by atoms with Gasteiger partial charge in [0.25, 0.3) is 0 Å². The highest BCUT2D eigenvalue weighted by atomic mass is 35.5. The van der Waals surface area contributed by atoms with Gasteiger partial charge in [-0.2, -0.15) is 0 Å². The summed E-state index contributed by atoms with van der Waals surface area (Å²) in [5, 5.41) is 3.71. The molecule has 1 N–H and O–H groups in total. The van der Waals surface area contributed by atoms with Crippen molar-refractivity contribution in [3.05, 3.63) is 47.5 Å². The van der Waals surface area contributed by atoms with Gasteiger partial charge in [0, 0.05) is 11.6 Å². The number of ether oxygens (including phenoxy) is 1. The number of benzene rings is 1. The van der Waals surface area contributed by atoms with Crippen LogP contribution in [0.3, 0.4) is 0 Å². The summed E-state index contributed by atoms with van der Waals surface area (Å²) in [6, 6.07) is 7.18. The molecule has 0 aliphatic heterocycles. The van der Waals surface area contributed by atoms with Gasteiger partial charge in [-0.25, -0.2) is 4.79 Å². The Hall–Kier alpha value is -1.32. The molecule has 0 amide bonds. The van der Waals surface area contributed by atoms with Crippen LogP contribution in [0.5, 0.6) is 0 Å². The summed E-state index contributed by atoms with van der Waals surface area (Å²) in [6.07, 6.45) is 1.70. The number of hydrogen-bond donors (Lipinski definition) is 1. The molecule has 0 aliphatic carbocycles. The first-order valence-corrected chi connectivity index (χ1v) is 6.21. The molecule has 4 heteroatoms. The summed E-state index contributed by atoms with van der Waals surface area (Å²) < 4.78 is 5.12. The van der Waals surface area contributed by atoms with Gasteiger partial charge in [-0.05, 0) is 31.5 Å². The molecule has 0 aromatic heterocycles. The second kappa shape index (κ2) is 6.57. The zero-order valence-corrected chi connectivity index (χ0v) is 11.5. The smallest absolute Gasteiger partial charge is 0.330 e. The molecular formula is C14H18ClNO2. The molecule has 1 unspecified atom stereocenters. The summed E-state index contributed by atoms with van der Waals surface area (Å²) in [5.41, 5.74) is -0.148. The number of esters is 1. The lowest BCUT2D eigenvalue weighted by Crippen LogP contribution is -2.47. The number of rotatable bonds is 6. The van der Waals surface area contributed by atoms with Crippen LogP contribution in [0.25, 0.3) is 0 Å². The van der Waals surface area contributed by atoms with E-state index >= 15 is 0 Å². The van der Waals surface area contributed by atoms with Crippen LogP contribution in [0.1, 0.15) is 19.4 Å². The molecule has 0 spiro atoms. The maximum atomic E-state index is 12.1. The number of carbonyl (C=O) groups is 1. The van der Waals surface area contributed by atoms with E-state index in [1.165, 1.54) is 0 Å². The Balaban J connectivity index is 3.10. The third-order valence-corrected chi connectivity index (χ3v) is 2.92. The van der Waals surface area contributed by atoms with Gasteiger partial charge in [-0.3, -0.25) is 5.32 Å². The quantitative estimate of drug-likeness (QED) is 0.636. The fourth-order valence-electron chi connectivity index (χ4n) is 1.64. The predicted molar refractivity (Wildman–Crippen MR) is 73.6 cm³/mol. The summed E-state index contributed by atoms with van der Waals surface area (Å²) in [7, 11) is 0. The highest BCUT2D eigenvalue weighted by Gasteiger charge is 2.36. The van der Waals surface area contributed by atoms with E-state index in [1.807, 2.05) is 12.1 Å². The summed E-state index contributed by atoms with van der Waals surface area (Å²) in [6.45, 7) is 8.04. The van der Waals surface area contributed by atoms with E-state index in [-0.39, 0.29) is 5.97 Å². The van der Waals surface area contributed by atoms with E-state index in [0.717, 1.165) is 5.56 Å². The Labute approximate surface area is 113 Å². The molecule has 0 saturated heterocycles. The van der Waals surface area contributed by atoms with Crippen molar-refractivity contribution < 1.29 is 9.53 Å². The maximum Gasteiger partial charge on any atom is 0.330 e. The molecule has 18 heavy (non-hydrogen) atoms. The van der Waals surface area contributed by atoms with Crippen LogP contribution >= 0.6 is 11.6 Å². The van der Waals surface area contributed by atoms with Crippen molar-refractivity contribution in [2.75, 3.05) is 13.2 Å². The van der Waals surface area contributed by atoms with Crippen LogP contribution < -0.4 is 5.32 Å². The number of halogens is 1. The minimum absolute atomic E-state index is 0.325. The Kier molecular flexibility index (Phi) is 5.38. The molecule has 0 bridgehead atoms. The SMILES string of the molecule is C=CCNC(C)(C(=O)OCC)c1cccc(Cl)c1. The number of carbonyl (C=O) groups excluding carboxylic acids is 1. The third kappa shape index (κ3) is 3.34. The lowest BCUT2D eigenvalue weighted by Gasteiger charge is -2.28. The van der Waals surface area contributed by atoms with Crippen molar-refractivity contribution >= 4 is 17.6 Å². The van der Waals surface area contributed by atoms with Crippen molar-refractivity contribution in [3.63, 3.8) is 0 Å². The fraction of sp³-hybridized carbons (Fsp3) is 0.357. The Bertz CT molecular complexity index is 434. The first-order chi connectivity index (χ1) is 8.54. The van der Waals surface area contributed by atoms with Crippen molar-refractivity contribution in [3.8, 4) is 0 Å². The second-order valence-corrected chi connectivity index (χ2v) is 4.46. The van der Waals surface area contributed by atoms with E-state index < -0.39 is 5.54 Å². The summed E-state index contributed by atoms with van der Waals surface area (Å²) >= 11 is 5.97. The molecule has 1 aromatic rings. The van der Waals surface area contributed by atoms with Crippen LogP contribution in [0.4, 0.5) is 0 Å². The first kappa shape index (κ1) is 14.7. The van der Waals surface area contributed by atoms with Gasteiger partial charge in [0.1, 0.15) is 5.54 Å². The zero-order chi connectivity index (χ0) is 13.6. The van der Waals surface area contributed by atoms with E-state index in [9.17, 15) is 4.79 Å². The van der Waals surface area contributed by atoms with Crippen molar-refractivity contribution in [1.29, 1.82) is 0 Å². The van der Waals surface area contributed by atoms with E-state index in [4.69, 9.17) is 16.3 Å². The van der Waals surface area contributed by atoms with Gasteiger partial charge >= 0.3 is 5.97 Å². The molecule has 0 heterocycles. The molecular weight excluding hydrogens is 250 g/mol. The highest BCUT2D eigenvalue weighted by molar-refractivity contribution is 6.30. The molecule has 1 rings (SSSR count). The zero-order valence-electron chi connectivity index (χ0n) is 10.7. The molecule has 3 nitrogen and oxygen atoms in total. The molecule has 0 fully saturated rings. The van der Waals surface area contributed by atoms with Crippen molar-refractivity contribution in [2.24, 2.45) is 0 Å². The topological polar surface area (TPSA) is 38.3 Å². The minimum Gasteiger partial charge on any atom is -0.464 e. The Morgan fingerprint density at radius 2 is 2.33 bits per heavy atom. The van der Waals surface area contributed by atoms with Crippen LogP contribution in [0.15, 0.2) is 36.9 Å². The van der Waals surface area contributed by atoms with Crippen molar-refractivity contribution in [1.82, 2.24) is 5.32 Å². The summed E-state index contributed by atoms with van der Waals surface area (Å²) in [4.78, 5) is 12.1. The predicted octanol–water partition coefficient (Wildman–Crippen LogP) is 2.89. The van der Waals surface area contributed by atoms with Gasteiger partial charge in [0.05, 0.1) is 6.61 Å².